The van der Waals surface area contributed by atoms with Gasteiger partial charge < -0.3 is 19.3 Å². The van der Waals surface area contributed by atoms with Crippen molar-refractivity contribution in [1.29, 1.82) is 0 Å². The molecule has 1 heterocycles. The summed E-state index contributed by atoms with van der Waals surface area (Å²) in [5, 5.41) is 0. The standard InChI is InChI=1S/C38H44N2O3/c1-3-4-6-11-30-18-20-33(21-19-30)38(41)40(29-32-12-9-17-37(26-32)43-35-14-7-5-8-15-35)28-31-22-24-39(25-23-31)34-13-10-16-36(27-34)42-2/h5,7-10,12-21,26-27,31H,3-4,6,11,22-25,28-29H2,1-2H3. The molecule has 0 aliphatic carbocycles. The van der Waals surface area contributed by atoms with E-state index in [1.165, 1.54) is 30.5 Å². The molecule has 5 heteroatoms. The summed E-state index contributed by atoms with van der Waals surface area (Å²) < 4.78 is 11.5. The van der Waals surface area contributed by atoms with E-state index in [0.717, 1.165) is 67.3 Å². The highest BCUT2D eigenvalue weighted by Gasteiger charge is 2.25. The summed E-state index contributed by atoms with van der Waals surface area (Å²) in [7, 11) is 1.71. The Bertz CT molecular complexity index is 1430. The first-order chi connectivity index (χ1) is 21.1. The zero-order valence-electron chi connectivity index (χ0n) is 25.6. The summed E-state index contributed by atoms with van der Waals surface area (Å²) in [5.41, 5.74) is 4.31. The molecular weight excluding hydrogens is 532 g/mol. The lowest BCUT2D eigenvalue weighted by atomic mass is 9.95. The number of anilines is 1. The van der Waals surface area contributed by atoms with Crippen LogP contribution in [0.1, 0.15) is 60.5 Å². The minimum atomic E-state index is 0.0877. The monoisotopic (exact) mass is 576 g/mol. The molecule has 0 radical (unpaired) electrons. The van der Waals surface area contributed by atoms with Crippen molar-refractivity contribution in [1.82, 2.24) is 4.90 Å². The number of ether oxygens (including phenoxy) is 2. The Morgan fingerprint density at radius 2 is 1.51 bits per heavy atom. The molecule has 0 saturated carbocycles. The molecule has 1 aliphatic rings. The van der Waals surface area contributed by atoms with Crippen LogP contribution in [0.4, 0.5) is 5.69 Å². The molecule has 0 spiro atoms. The maximum Gasteiger partial charge on any atom is 0.254 e. The van der Waals surface area contributed by atoms with Gasteiger partial charge >= 0.3 is 0 Å². The van der Waals surface area contributed by atoms with Gasteiger partial charge in [0.1, 0.15) is 17.2 Å². The smallest absolute Gasteiger partial charge is 0.254 e. The lowest BCUT2D eigenvalue weighted by Gasteiger charge is -2.36. The third-order valence-corrected chi connectivity index (χ3v) is 8.32. The van der Waals surface area contributed by atoms with Crippen molar-refractivity contribution >= 4 is 11.6 Å². The van der Waals surface area contributed by atoms with E-state index >= 15 is 0 Å². The van der Waals surface area contributed by atoms with Gasteiger partial charge in [-0.3, -0.25) is 4.79 Å². The average Bonchev–Trinajstić information content (AvgIpc) is 3.05. The summed E-state index contributed by atoms with van der Waals surface area (Å²) >= 11 is 0. The Balaban J connectivity index is 1.29. The van der Waals surface area contributed by atoms with Gasteiger partial charge in [0.25, 0.3) is 5.91 Å². The van der Waals surface area contributed by atoms with Crippen LogP contribution in [0.25, 0.3) is 0 Å². The lowest BCUT2D eigenvalue weighted by molar-refractivity contribution is 0.0704. The van der Waals surface area contributed by atoms with Crippen molar-refractivity contribution in [3.63, 3.8) is 0 Å². The maximum absolute atomic E-state index is 14.0. The molecule has 0 atom stereocenters. The molecule has 1 amide bonds. The Labute approximate surface area is 257 Å². The molecule has 5 rings (SSSR count). The van der Waals surface area contributed by atoms with Gasteiger partial charge in [0.2, 0.25) is 0 Å². The molecule has 5 nitrogen and oxygen atoms in total. The Morgan fingerprint density at radius 1 is 0.791 bits per heavy atom. The minimum Gasteiger partial charge on any atom is -0.497 e. The van der Waals surface area contributed by atoms with Gasteiger partial charge in [0, 0.05) is 43.5 Å². The second-order valence-electron chi connectivity index (χ2n) is 11.5. The molecule has 224 valence electrons. The van der Waals surface area contributed by atoms with Crippen molar-refractivity contribution in [2.24, 2.45) is 5.92 Å². The Hall–Kier alpha value is -4.25. The normalized spacial score (nSPS) is 13.5. The number of amides is 1. The maximum atomic E-state index is 14.0. The highest BCUT2D eigenvalue weighted by atomic mass is 16.5. The van der Waals surface area contributed by atoms with Crippen LogP contribution in [0, 0.1) is 5.92 Å². The van der Waals surface area contributed by atoms with Gasteiger partial charge in [-0.15, -0.1) is 0 Å². The van der Waals surface area contributed by atoms with Crippen LogP contribution >= 0.6 is 0 Å². The number of unbranched alkanes of at least 4 members (excludes halogenated alkanes) is 2. The van der Waals surface area contributed by atoms with Crippen molar-refractivity contribution in [2.75, 3.05) is 31.6 Å². The second-order valence-corrected chi connectivity index (χ2v) is 11.5. The highest BCUT2D eigenvalue weighted by Crippen LogP contribution is 2.28. The van der Waals surface area contributed by atoms with Gasteiger partial charge in [-0.25, -0.2) is 0 Å². The average molecular weight is 577 g/mol. The van der Waals surface area contributed by atoms with Crippen LogP contribution in [0.15, 0.2) is 103 Å². The third-order valence-electron chi connectivity index (χ3n) is 8.32. The van der Waals surface area contributed by atoms with Crippen LogP contribution < -0.4 is 14.4 Å². The fourth-order valence-corrected chi connectivity index (χ4v) is 5.84. The molecular formula is C38H44N2O3. The van der Waals surface area contributed by atoms with E-state index in [9.17, 15) is 4.79 Å². The van der Waals surface area contributed by atoms with E-state index in [0.29, 0.717) is 12.5 Å². The first-order valence-electron chi connectivity index (χ1n) is 15.7. The fourth-order valence-electron chi connectivity index (χ4n) is 5.84. The highest BCUT2D eigenvalue weighted by molar-refractivity contribution is 5.94. The first kappa shape index (κ1) is 30.2. The molecule has 0 bridgehead atoms. The van der Waals surface area contributed by atoms with Crippen molar-refractivity contribution in [2.45, 2.75) is 52.0 Å². The molecule has 1 aliphatic heterocycles. The lowest BCUT2D eigenvalue weighted by Crippen LogP contribution is -2.40. The molecule has 0 N–H and O–H groups in total. The number of carbonyl (C=O) groups excluding carboxylic acids is 1. The molecule has 1 fully saturated rings. The van der Waals surface area contributed by atoms with Gasteiger partial charge in [-0.2, -0.15) is 0 Å². The SMILES string of the molecule is CCCCCc1ccc(C(=O)N(Cc2cccc(Oc3ccccc3)c2)CC2CCN(c3cccc(OC)c3)CC2)cc1. The van der Waals surface area contributed by atoms with E-state index in [2.05, 4.69) is 48.2 Å². The number of carbonyl (C=O) groups is 1. The largest absolute Gasteiger partial charge is 0.497 e. The number of hydrogen-bond acceptors (Lipinski definition) is 4. The third kappa shape index (κ3) is 8.63. The Morgan fingerprint density at radius 3 is 2.26 bits per heavy atom. The van der Waals surface area contributed by atoms with Crippen LogP contribution in [-0.2, 0) is 13.0 Å². The van der Waals surface area contributed by atoms with Crippen LogP contribution in [0.3, 0.4) is 0 Å². The number of para-hydroxylation sites is 1. The van der Waals surface area contributed by atoms with Crippen LogP contribution in [0.2, 0.25) is 0 Å². The van der Waals surface area contributed by atoms with Crippen molar-refractivity contribution in [3.8, 4) is 17.2 Å². The number of rotatable bonds is 13. The van der Waals surface area contributed by atoms with E-state index in [1.54, 1.807) is 7.11 Å². The summed E-state index contributed by atoms with van der Waals surface area (Å²) in [6.45, 7) is 5.42. The van der Waals surface area contributed by atoms with Gasteiger partial charge in [-0.1, -0.05) is 68.3 Å². The van der Waals surface area contributed by atoms with Gasteiger partial charge in [0.05, 0.1) is 7.11 Å². The van der Waals surface area contributed by atoms with Gasteiger partial charge in [-0.05, 0) is 91.3 Å². The summed E-state index contributed by atoms with van der Waals surface area (Å²) in [6, 6.07) is 34.5. The van der Waals surface area contributed by atoms with Crippen LogP contribution in [0.5, 0.6) is 17.2 Å². The second kappa shape index (κ2) is 15.3. The van der Waals surface area contributed by atoms with Crippen molar-refractivity contribution in [3.05, 3.63) is 120 Å². The first-order valence-corrected chi connectivity index (χ1v) is 15.7. The zero-order valence-corrected chi connectivity index (χ0v) is 25.6. The Kier molecular flexibility index (Phi) is 10.7. The number of piperidine rings is 1. The van der Waals surface area contributed by atoms with Crippen LogP contribution in [-0.4, -0.2) is 37.6 Å². The van der Waals surface area contributed by atoms with E-state index in [4.69, 9.17) is 9.47 Å². The topological polar surface area (TPSA) is 42.0 Å². The van der Waals surface area contributed by atoms with E-state index in [-0.39, 0.29) is 5.91 Å². The predicted octanol–water partition coefficient (Wildman–Crippen LogP) is 8.78. The molecule has 43 heavy (non-hydrogen) atoms. The van der Waals surface area contributed by atoms with Crippen molar-refractivity contribution < 1.29 is 14.3 Å². The molecule has 4 aromatic carbocycles. The number of methoxy groups -OCH3 is 1. The molecule has 1 saturated heterocycles. The minimum absolute atomic E-state index is 0.0877. The molecule has 4 aromatic rings. The van der Waals surface area contributed by atoms with E-state index in [1.807, 2.05) is 71.6 Å². The molecule has 0 aromatic heterocycles. The quantitative estimate of drug-likeness (QED) is 0.149. The zero-order chi connectivity index (χ0) is 29.9. The number of aryl methyl sites for hydroxylation is 1. The number of nitrogens with zero attached hydrogens (tertiary/aromatic N) is 2. The predicted molar refractivity (Wildman–Crippen MR) is 175 cm³/mol. The molecule has 0 unspecified atom stereocenters. The fraction of sp³-hybridized carbons (Fsp3) is 0.342. The number of hydrogen-bond donors (Lipinski definition) is 0. The summed E-state index contributed by atoms with van der Waals surface area (Å²) in [5.74, 6) is 2.98. The summed E-state index contributed by atoms with van der Waals surface area (Å²) in [4.78, 5) is 18.5. The van der Waals surface area contributed by atoms with Gasteiger partial charge in [0.15, 0.2) is 0 Å². The van der Waals surface area contributed by atoms with E-state index < -0.39 is 0 Å². The number of benzene rings is 4. The summed E-state index contributed by atoms with van der Waals surface area (Å²) in [6.07, 6.45) is 6.76.